The first-order valence-corrected chi connectivity index (χ1v) is 12.2. The van der Waals surface area contributed by atoms with Crippen LogP contribution < -0.4 is 0 Å². The second-order valence-electron chi connectivity index (χ2n) is 9.71. The van der Waals surface area contributed by atoms with Crippen LogP contribution in [0, 0.1) is 11.8 Å². The van der Waals surface area contributed by atoms with Gasteiger partial charge in [0.1, 0.15) is 12.1 Å². The minimum absolute atomic E-state index is 0.107. The molecule has 0 unspecified atom stereocenters. The van der Waals surface area contributed by atoms with Crippen LogP contribution in [0.25, 0.3) is 0 Å². The van der Waals surface area contributed by atoms with Crippen LogP contribution >= 0.6 is 0 Å². The zero-order chi connectivity index (χ0) is 23.4. The fourth-order valence-corrected chi connectivity index (χ4v) is 7.14. The summed E-state index contributed by atoms with van der Waals surface area (Å²) in [4.78, 5) is 56.3. The molecule has 0 radical (unpaired) electrons. The summed E-state index contributed by atoms with van der Waals surface area (Å²) in [6.07, 6.45) is 0.826. The Morgan fingerprint density at radius 3 is 1.48 bits per heavy atom. The number of rotatable bonds is 4. The Kier molecular flexibility index (Phi) is 4.25. The van der Waals surface area contributed by atoms with Gasteiger partial charge in [-0.15, -0.1) is 8.57 Å². The number of nitrogens with zero attached hydrogens (tertiary/aromatic N) is 6. The van der Waals surface area contributed by atoms with Crippen molar-refractivity contribution in [2.75, 3.05) is 40.3 Å². The number of carbonyl (C=O) groups excluding carboxylic acids is 4. The monoisotopic (exact) mass is 484 g/mol. The highest BCUT2D eigenvalue weighted by Crippen LogP contribution is 2.40. The molecule has 6 saturated heterocycles. The van der Waals surface area contributed by atoms with E-state index in [1.54, 1.807) is 23.9 Å². The number of hydrogen-bond acceptors (Lipinski definition) is 8. The van der Waals surface area contributed by atoms with Gasteiger partial charge in [-0.1, -0.05) is 0 Å². The number of carbonyl (C=O) groups is 4. The van der Waals surface area contributed by atoms with E-state index in [0.717, 1.165) is 10.1 Å². The van der Waals surface area contributed by atoms with Crippen LogP contribution in [0.2, 0.25) is 0 Å². The summed E-state index contributed by atoms with van der Waals surface area (Å²) in [5.41, 5.74) is 0. The first-order chi connectivity index (χ1) is 15.6. The van der Waals surface area contributed by atoms with E-state index in [2.05, 4.69) is 0 Å². The molecule has 6 heterocycles. The lowest BCUT2D eigenvalue weighted by Gasteiger charge is -2.30. The number of hydrogen-bond donors (Lipinski definition) is 0. The Morgan fingerprint density at radius 2 is 1.09 bits per heavy atom. The molecule has 0 spiro atoms. The van der Waals surface area contributed by atoms with Crippen molar-refractivity contribution in [3.05, 3.63) is 0 Å². The summed E-state index contributed by atoms with van der Waals surface area (Å²) in [5.74, 6) is -0.570. The van der Waals surface area contributed by atoms with Gasteiger partial charge >= 0.3 is 22.5 Å². The van der Waals surface area contributed by atoms with Crippen molar-refractivity contribution < 1.29 is 36.2 Å². The van der Waals surface area contributed by atoms with Crippen LogP contribution in [-0.2, 0) is 28.6 Å². The zero-order valence-electron chi connectivity index (χ0n) is 18.1. The molecule has 15 heteroatoms. The number of piperidine rings is 2. The molecule has 6 rings (SSSR count). The van der Waals surface area contributed by atoms with Crippen molar-refractivity contribution >= 4 is 34.3 Å². The average molecular weight is 484 g/mol. The van der Waals surface area contributed by atoms with Gasteiger partial charge in [0.25, 0.3) is 0 Å². The average Bonchev–Trinajstić information content (AvgIpc) is 3.37. The molecule has 0 aromatic heterocycles. The van der Waals surface area contributed by atoms with E-state index in [4.69, 9.17) is 8.57 Å². The van der Waals surface area contributed by atoms with Crippen LogP contribution in [0.4, 0.5) is 9.59 Å². The summed E-state index contributed by atoms with van der Waals surface area (Å²) in [6.45, 7) is 1.31. The maximum Gasteiger partial charge on any atom is 0.442 e. The first-order valence-electron chi connectivity index (χ1n) is 10.9. The molecule has 6 aliphatic heterocycles. The highest BCUT2D eigenvalue weighted by molar-refractivity contribution is 7.81. The van der Waals surface area contributed by atoms with E-state index < -0.39 is 46.6 Å². The lowest BCUT2D eigenvalue weighted by Crippen LogP contribution is -2.47. The molecule has 6 amide bonds. The van der Waals surface area contributed by atoms with Crippen molar-refractivity contribution in [2.24, 2.45) is 11.8 Å². The van der Waals surface area contributed by atoms with E-state index >= 15 is 0 Å². The molecule has 33 heavy (non-hydrogen) atoms. The molecule has 0 aromatic rings. The molecular weight excluding hydrogens is 460 g/mol. The Bertz CT molecular complexity index is 992. The van der Waals surface area contributed by atoms with Gasteiger partial charge in [0.2, 0.25) is 11.8 Å². The van der Waals surface area contributed by atoms with Crippen molar-refractivity contribution in [2.45, 2.75) is 37.0 Å². The van der Waals surface area contributed by atoms with Crippen LogP contribution in [0.5, 0.6) is 0 Å². The first kappa shape index (κ1) is 20.9. The van der Waals surface area contributed by atoms with Crippen LogP contribution in [-0.4, -0.2) is 126 Å². The third-order valence-corrected chi connectivity index (χ3v) is 8.37. The predicted molar refractivity (Wildman–Crippen MR) is 106 cm³/mol. The minimum Gasteiger partial charge on any atom is -0.344 e. The summed E-state index contributed by atoms with van der Waals surface area (Å²) in [5, 5.41) is 1.47. The molecule has 6 atom stereocenters. The second kappa shape index (κ2) is 6.70. The summed E-state index contributed by atoms with van der Waals surface area (Å²) in [7, 11) is -1.48. The molecule has 14 nitrogen and oxygen atoms in total. The molecule has 6 fully saturated rings. The summed E-state index contributed by atoms with van der Waals surface area (Å²) >= 11 is 0. The largest absolute Gasteiger partial charge is 0.442 e. The third-order valence-electron chi connectivity index (χ3n) is 7.68. The number of urea groups is 2. The number of likely N-dealkylation sites (N-methyl/N-ethyl adjacent to an activating group) is 2. The van der Waals surface area contributed by atoms with Crippen LogP contribution in [0.3, 0.4) is 0 Å². The Labute approximate surface area is 189 Å². The van der Waals surface area contributed by atoms with Gasteiger partial charge in [0.05, 0.1) is 12.1 Å². The Hall–Kier alpha value is -2.65. The van der Waals surface area contributed by atoms with Crippen molar-refractivity contribution in [3.8, 4) is 0 Å². The van der Waals surface area contributed by atoms with E-state index in [1.165, 1.54) is 9.80 Å². The van der Waals surface area contributed by atoms with Gasteiger partial charge in [0, 0.05) is 52.1 Å². The maximum atomic E-state index is 12.8. The quantitative estimate of drug-likeness (QED) is 0.448. The number of amides is 6. The molecule has 0 aromatic carbocycles. The van der Waals surface area contributed by atoms with Crippen LogP contribution in [0.15, 0.2) is 0 Å². The SMILES string of the molecule is CN1C[C@@H]2C[C@@H]3CN(C(=O)N3OS(=O)(=O)ON3C(=O)N4C[C@H]3C[C@H]3CN(C)C(=O)[C@H]34)[C@@H]2C1=O. The van der Waals surface area contributed by atoms with Crippen molar-refractivity contribution in [3.63, 3.8) is 0 Å². The topological polar surface area (TPSA) is 140 Å². The molecule has 0 aliphatic carbocycles. The van der Waals surface area contributed by atoms with Gasteiger partial charge in [0.15, 0.2) is 0 Å². The Morgan fingerprint density at radius 1 is 0.697 bits per heavy atom. The molecule has 4 bridgehead atoms. The van der Waals surface area contributed by atoms with Crippen molar-refractivity contribution in [1.82, 2.24) is 29.7 Å². The highest BCUT2D eigenvalue weighted by Gasteiger charge is 2.59. The van der Waals surface area contributed by atoms with Gasteiger partial charge in [-0.05, 0) is 12.8 Å². The number of hydroxylamine groups is 4. The zero-order valence-corrected chi connectivity index (χ0v) is 18.9. The molecule has 0 saturated carbocycles. The van der Waals surface area contributed by atoms with Gasteiger partial charge in [-0.25, -0.2) is 9.59 Å². The Balaban J connectivity index is 1.17. The standard InChI is InChI=1S/C18H24N6O8S/c1-19-5-9-3-11-7-21(13(9)15(19)25)17(27)23(11)31-33(29,30)32-24-12-4-10-6-20(2)16(26)14(10)22(8-12)18(24)28/h9-14H,3-8H2,1-2H3/t9-,10-,11+,12+,13-,14-/m0/s1. The number of fused-ring (bicyclic) bond motifs is 8. The fraction of sp³-hybridized carbons (Fsp3) is 0.778. The van der Waals surface area contributed by atoms with Crippen LogP contribution in [0.1, 0.15) is 12.8 Å². The van der Waals surface area contributed by atoms with E-state index in [1.807, 2.05) is 0 Å². The highest BCUT2D eigenvalue weighted by atomic mass is 32.3. The second-order valence-corrected chi connectivity index (χ2v) is 10.8. The van der Waals surface area contributed by atoms with Gasteiger partial charge < -0.3 is 19.6 Å². The van der Waals surface area contributed by atoms with E-state index in [-0.39, 0.29) is 36.7 Å². The normalized spacial score (nSPS) is 37.6. The van der Waals surface area contributed by atoms with Crippen molar-refractivity contribution in [1.29, 1.82) is 0 Å². The molecule has 6 aliphatic rings. The smallest absolute Gasteiger partial charge is 0.344 e. The molecular formula is C18H24N6O8S. The lowest BCUT2D eigenvalue weighted by molar-refractivity contribution is -0.131. The summed E-state index contributed by atoms with van der Waals surface area (Å²) < 4.78 is 35.5. The van der Waals surface area contributed by atoms with Gasteiger partial charge in [-0.2, -0.15) is 18.5 Å². The maximum absolute atomic E-state index is 12.8. The predicted octanol–water partition coefficient (Wildman–Crippen LogP) is -1.97. The third kappa shape index (κ3) is 2.88. The van der Waals surface area contributed by atoms with Gasteiger partial charge in [-0.3, -0.25) is 9.59 Å². The molecule has 180 valence electrons. The lowest BCUT2D eigenvalue weighted by atomic mass is 9.91. The van der Waals surface area contributed by atoms with E-state index in [0.29, 0.717) is 25.9 Å². The minimum atomic E-state index is -4.82. The van der Waals surface area contributed by atoms with E-state index in [9.17, 15) is 27.6 Å². The number of likely N-dealkylation sites (tertiary alicyclic amines) is 2. The fourth-order valence-electron chi connectivity index (χ4n) is 6.35. The molecule has 0 N–H and O–H groups in total. The summed E-state index contributed by atoms with van der Waals surface area (Å²) in [6, 6.07) is -3.80.